The highest BCUT2D eigenvalue weighted by Gasteiger charge is 2.20. The van der Waals surface area contributed by atoms with Crippen LogP contribution in [-0.2, 0) is 14.8 Å². The summed E-state index contributed by atoms with van der Waals surface area (Å²) in [6.07, 6.45) is 1.76. The highest BCUT2D eigenvalue weighted by Crippen LogP contribution is 2.25. The van der Waals surface area contributed by atoms with Crippen molar-refractivity contribution in [2.75, 3.05) is 24.2 Å². The average molecular weight is 467 g/mol. The summed E-state index contributed by atoms with van der Waals surface area (Å²) < 4.78 is 31.1. The van der Waals surface area contributed by atoms with E-state index in [1.54, 1.807) is 31.4 Å². The highest BCUT2D eigenvalue weighted by molar-refractivity contribution is 7.92. The van der Waals surface area contributed by atoms with Gasteiger partial charge in [-0.2, -0.15) is 0 Å². The van der Waals surface area contributed by atoms with Gasteiger partial charge in [0.15, 0.2) is 0 Å². The zero-order chi connectivity index (χ0) is 23.8. The fraction of sp³-hybridized carbons (Fsp3) is 0.269. The number of carbonyl (C=O) groups is 1. The third-order valence-corrected chi connectivity index (χ3v) is 6.66. The number of sulfonamides is 1. The molecule has 0 spiro atoms. The molecule has 6 nitrogen and oxygen atoms in total. The summed E-state index contributed by atoms with van der Waals surface area (Å²) in [5.41, 5.74) is 3.67. The van der Waals surface area contributed by atoms with Crippen molar-refractivity contribution in [1.82, 2.24) is 5.32 Å². The molecule has 1 atom stereocenters. The normalized spacial score (nSPS) is 12.1. The van der Waals surface area contributed by atoms with Crippen LogP contribution in [-0.4, -0.2) is 34.2 Å². The van der Waals surface area contributed by atoms with Crippen molar-refractivity contribution in [2.24, 2.45) is 0 Å². The van der Waals surface area contributed by atoms with Gasteiger partial charge in [0.1, 0.15) is 5.75 Å². The van der Waals surface area contributed by atoms with Crippen molar-refractivity contribution in [2.45, 2.75) is 25.8 Å². The second kappa shape index (κ2) is 11.0. The number of hydrogen-bond acceptors (Lipinski definition) is 4. The molecule has 0 fully saturated rings. The first kappa shape index (κ1) is 24.3. The van der Waals surface area contributed by atoms with Crippen LogP contribution in [0.1, 0.15) is 35.6 Å². The largest absolute Gasteiger partial charge is 0.497 e. The molecule has 0 saturated heterocycles. The average Bonchev–Trinajstić information content (AvgIpc) is 2.81. The first-order valence-corrected chi connectivity index (χ1v) is 12.7. The molecule has 3 aromatic rings. The first-order valence-electron chi connectivity index (χ1n) is 10.8. The molecular weight excluding hydrogens is 436 g/mol. The molecule has 0 radical (unpaired) electrons. The van der Waals surface area contributed by atoms with E-state index in [1.807, 2.05) is 61.5 Å². The molecule has 33 heavy (non-hydrogen) atoms. The van der Waals surface area contributed by atoms with Gasteiger partial charge >= 0.3 is 0 Å². The summed E-state index contributed by atoms with van der Waals surface area (Å²) in [6, 6.07) is 24.4. The van der Waals surface area contributed by atoms with Gasteiger partial charge in [-0.25, -0.2) is 8.42 Å². The zero-order valence-corrected chi connectivity index (χ0v) is 20.0. The molecule has 174 valence electrons. The van der Waals surface area contributed by atoms with Gasteiger partial charge in [-0.3, -0.25) is 9.10 Å². The lowest BCUT2D eigenvalue weighted by molar-refractivity contribution is -0.121. The number of amides is 1. The van der Waals surface area contributed by atoms with Crippen molar-refractivity contribution in [3.63, 3.8) is 0 Å². The number of nitrogens with zero attached hydrogens (tertiary/aromatic N) is 1. The van der Waals surface area contributed by atoms with E-state index in [2.05, 4.69) is 5.32 Å². The Balaban J connectivity index is 1.69. The monoisotopic (exact) mass is 466 g/mol. The minimum absolute atomic E-state index is 0.129. The van der Waals surface area contributed by atoms with E-state index in [9.17, 15) is 13.2 Å². The van der Waals surface area contributed by atoms with E-state index in [1.165, 1.54) is 10.6 Å². The molecule has 0 aliphatic heterocycles. The van der Waals surface area contributed by atoms with Gasteiger partial charge in [-0.1, -0.05) is 54.6 Å². The fourth-order valence-electron chi connectivity index (χ4n) is 3.75. The number of ether oxygens (including phenoxy) is 1. The van der Waals surface area contributed by atoms with E-state index in [-0.39, 0.29) is 24.9 Å². The van der Waals surface area contributed by atoms with E-state index in [4.69, 9.17) is 4.74 Å². The van der Waals surface area contributed by atoms with Crippen molar-refractivity contribution in [3.8, 4) is 5.75 Å². The molecule has 0 unspecified atom stereocenters. The summed E-state index contributed by atoms with van der Waals surface area (Å²) in [5.74, 6) is 0.519. The van der Waals surface area contributed by atoms with Gasteiger partial charge in [-0.15, -0.1) is 0 Å². The van der Waals surface area contributed by atoms with E-state index in [0.29, 0.717) is 17.9 Å². The molecule has 1 N–H and O–H groups in total. The van der Waals surface area contributed by atoms with Crippen LogP contribution in [0.25, 0.3) is 0 Å². The Morgan fingerprint density at radius 2 is 1.61 bits per heavy atom. The van der Waals surface area contributed by atoms with Gasteiger partial charge in [-0.05, 0) is 54.3 Å². The molecule has 1 amide bonds. The van der Waals surface area contributed by atoms with Crippen LogP contribution >= 0.6 is 0 Å². The maximum atomic E-state index is 12.9. The molecular formula is C26H30N2O4S. The predicted octanol–water partition coefficient (Wildman–Crippen LogP) is 4.46. The molecule has 0 bridgehead atoms. The van der Waals surface area contributed by atoms with Gasteiger partial charge in [0.25, 0.3) is 0 Å². The van der Waals surface area contributed by atoms with Crippen molar-refractivity contribution < 1.29 is 17.9 Å². The predicted molar refractivity (Wildman–Crippen MR) is 132 cm³/mol. The first-order chi connectivity index (χ1) is 15.8. The van der Waals surface area contributed by atoms with Crippen LogP contribution < -0.4 is 14.4 Å². The molecule has 3 rings (SSSR count). The van der Waals surface area contributed by atoms with E-state index in [0.717, 1.165) is 16.7 Å². The lowest BCUT2D eigenvalue weighted by atomic mass is 9.95. The molecule has 7 heteroatoms. The molecule has 0 aromatic heterocycles. The smallest absolute Gasteiger partial charge is 0.232 e. The molecule has 0 aliphatic carbocycles. The van der Waals surface area contributed by atoms with Crippen LogP contribution in [0, 0.1) is 6.92 Å². The van der Waals surface area contributed by atoms with Crippen molar-refractivity contribution in [1.29, 1.82) is 0 Å². The van der Waals surface area contributed by atoms with Crippen molar-refractivity contribution in [3.05, 3.63) is 95.6 Å². The van der Waals surface area contributed by atoms with E-state index >= 15 is 0 Å². The molecule has 0 heterocycles. The lowest BCUT2D eigenvalue weighted by Gasteiger charge is -2.24. The number of benzene rings is 3. The fourth-order valence-corrected chi connectivity index (χ4v) is 4.71. The molecule has 0 saturated carbocycles. The number of aryl methyl sites for hydroxylation is 1. The maximum absolute atomic E-state index is 12.9. The zero-order valence-electron chi connectivity index (χ0n) is 19.2. The quantitative estimate of drug-likeness (QED) is 0.479. The van der Waals surface area contributed by atoms with E-state index < -0.39 is 10.0 Å². The number of hydrogen-bond donors (Lipinski definition) is 1. The van der Waals surface area contributed by atoms with Gasteiger partial charge < -0.3 is 10.1 Å². The third-order valence-electron chi connectivity index (χ3n) is 5.46. The van der Waals surface area contributed by atoms with Gasteiger partial charge in [0, 0.05) is 13.0 Å². The second-order valence-corrected chi connectivity index (χ2v) is 9.81. The summed E-state index contributed by atoms with van der Waals surface area (Å²) in [7, 11) is -1.93. The molecule has 0 aliphatic rings. The van der Waals surface area contributed by atoms with Crippen LogP contribution in [0.2, 0.25) is 0 Å². The summed E-state index contributed by atoms with van der Waals surface area (Å²) in [4.78, 5) is 12.9. The van der Waals surface area contributed by atoms with Crippen LogP contribution in [0.5, 0.6) is 5.75 Å². The summed E-state index contributed by atoms with van der Waals surface area (Å²) in [6.45, 7) is 2.23. The lowest BCUT2D eigenvalue weighted by Crippen LogP contribution is -2.33. The van der Waals surface area contributed by atoms with Crippen molar-refractivity contribution >= 4 is 21.6 Å². The second-order valence-electron chi connectivity index (χ2n) is 7.90. The number of carbonyl (C=O) groups excluding carboxylic acids is 1. The Labute approximate surface area is 196 Å². The Morgan fingerprint density at radius 1 is 0.970 bits per heavy atom. The van der Waals surface area contributed by atoms with Gasteiger partial charge in [0.05, 0.1) is 25.1 Å². The van der Waals surface area contributed by atoms with Crippen LogP contribution in [0.15, 0.2) is 78.9 Å². The Bertz CT molecular complexity index is 1160. The minimum atomic E-state index is -3.49. The SMILES string of the molecule is COc1ccc(N(CCCC(=O)N[C@H](c2ccccc2)c2ccccc2C)S(C)(=O)=O)cc1. The summed E-state index contributed by atoms with van der Waals surface area (Å²) >= 11 is 0. The third kappa shape index (κ3) is 6.58. The maximum Gasteiger partial charge on any atom is 0.232 e. The topological polar surface area (TPSA) is 75.7 Å². The highest BCUT2D eigenvalue weighted by atomic mass is 32.2. The standard InChI is InChI=1S/C26H30N2O4S/c1-20-10-7-8-13-24(20)26(21-11-5-4-6-12-21)27-25(29)14-9-19-28(33(3,30)31)22-15-17-23(32-2)18-16-22/h4-8,10-13,15-18,26H,9,14,19H2,1-3H3,(H,27,29)/t26-/m1/s1. The number of methoxy groups -OCH3 is 1. The number of rotatable bonds is 10. The van der Waals surface area contributed by atoms with Crippen LogP contribution in [0.4, 0.5) is 5.69 Å². The minimum Gasteiger partial charge on any atom is -0.497 e. The number of nitrogens with one attached hydrogen (secondary N) is 1. The Kier molecular flexibility index (Phi) is 8.11. The molecule has 3 aromatic carbocycles. The van der Waals surface area contributed by atoms with Crippen LogP contribution in [0.3, 0.4) is 0 Å². The summed E-state index contributed by atoms with van der Waals surface area (Å²) in [5, 5.41) is 3.13. The van der Waals surface area contributed by atoms with Gasteiger partial charge in [0.2, 0.25) is 15.9 Å². The Hall–Kier alpha value is -3.32. The Morgan fingerprint density at radius 3 is 2.21 bits per heavy atom. The number of anilines is 1.